The highest BCUT2D eigenvalue weighted by Gasteiger charge is 2.21. The monoisotopic (exact) mass is 291 g/mol. The fourth-order valence-corrected chi connectivity index (χ4v) is 3.07. The first kappa shape index (κ1) is 14.0. The molecule has 1 aliphatic rings. The summed E-state index contributed by atoms with van der Waals surface area (Å²) in [5.41, 5.74) is 1.38. The lowest BCUT2D eigenvalue weighted by atomic mass is 10.2. The van der Waals surface area contributed by atoms with Gasteiger partial charge < -0.3 is 4.74 Å². The average molecular weight is 291 g/mol. The Bertz CT molecular complexity index is 564. The van der Waals surface area contributed by atoms with E-state index in [-0.39, 0.29) is 5.12 Å². The molecule has 1 aliphatic heterocycles. The molecule has 0 saturated carbocycles. The van der Waals surface area contributed by atoms with Gasteiger partial charge in [0, 0.05) is 5.75 Å². The largest absolute Gasteiger partial charge is 0.497 e. The van der Waals surface area contributed by atoms with Crippen molar-refractivity contribution in [2.24, 2.45) is 4.99 Å². The first-order chi connectivity index (χ1) is 9.22. The van der Waals surface area contributed by atoms with Gasteiger partial charge in [-0.1, -0.05) is 30.0 Å². The number of methoxy groups -OCH3 is 1. The number of rotatable bonds is 4. The van der Waals surface area contributed by atoms with Gasteiger partial charge >= 0.3 is 0 Å². The van der Waals surface area contributed by atoms with E-state index in [0.29, 0.717) is 5.70 Å². The SMILES string of the molecule is C=CCSC1=N/C(=C/c2cccc(OC)c2)C(=O)S1. The van der Waals surface area contributed by atoms with E-state index in [2.05, 4.69) is 11.6 Å². The van der Waals surface area contributed by atoms with E-state index >= 15 is 0 Å². The lowest BCUT2D eigenvalue weighted by Crippen LogP contribution is -1.88. The van der Waals surface area contributed by atoms with Gasteiger partial charge in [-0.25, -0.2) is 4.99 Å². The quantitative estimate of drug-likeness (QED) is 0.628. The third-order valence-corrected chi connectivity index (χ3v) is 4.33. The van der Waals surface area contributed by atoms with Gasteiger partial charge in [-0.2, -0.15) is 0 Å². The molecule has 0 fully saturated rings. The smallest absolute Gasteiger partial charge is 0.244 e. The van der Waals surface area contributed by atoms with Crippen molar-refractivity contribution in [3.63, 3.8) is 0 Å². The molecule has 0 spiro atoms. The van der Waals surface area contributed by atoms with Gasteiger partial charge in [0.15, 0.2) is 0 Å². The second-order valence-electron chi connectivity index (χ2n) is 3.67. The van der Waals surface area contributed by atoms with E-state index < -0.39 is 0 Å². The van der Waals surface area contributed by atoms with Gasteiger partial charge in [-0.05, 0) is 35.5 Å². The molecule has 0 aliphatic carbocycles. The van der Waals surface area contributed by atoms with Crippen molar-refractivity contribution >= 4 is 39.1 Å². The highest BCUT2D eigenvalue weighted by Crippen LogP contribution is 2.31. The van der Waals surface area contributed by atoms with E-state index in [1.165, 1.54) is 23.5 Å². The second kappa shape index (κ2) is 6.63. The third kappa shape index (κ3) is 3.75. The molecule has 0 amide bonds. The number of ether oxygens (including phenoxy) is 1. The van der Waals surface area contributed by atoms with Crippen molar-refractivity contribution in [3.8, 4) is 5.75 Å². The number of nitrogens with zero attached hydrogens (tertiary/aromatic N) is 1. The van der Waals surface area contributed by atoms with Crippen molar-refractivity contribution in [2.75, 3.05) is 12.9 Å². The van der Waals surface area contributed by atoms with Crippen LogP contribution in [0.25, 0.3) is 6.08 Å². The Morgan fingerprint density at radius 3 is 3.11 bits per heavy atom. The van der Waals surface area contributed by atoms with E-state index in [0.717, 1.165) is 21.4 Å². The van der Waals surface area contributed by atoms with Crippen molar-refractivity contribution in [2.45, 2.75) is 0 Å². The highest BCUT2D eigenvalue weighted by molar-refractivity contribution is 8.45. The van der Waals surface area contributed by atoms with Crippen LogP contribution < -0.4 is 4.74 Å². The minimum absolute atomic E-state index is 0.0191. The topological polar surface area (TPSA) is 38.7 Å². The van der Waals surface area contributed by atoms with Crippen LogP contribution in [0.2, 0.25) is 0 Å². The van der Waals surface area contributed by atoms with E-state index in [9.17, 15) is 4.79 Å². The molecule has 0 aromatic heterocycles. The normalized spacial score (nSPS) is 16.6. The molecule has 0 saturated heterocycles. The average Bonchev–Trinajstić information content (AvgIpc) is 2.77. The first-order valence-corrected chi connectivity index (χ1v) is 7.43. The minimum atomic E-state index is -0.0191. The van der Waals surface area contributed by atoms with Crippen LogP contribution in [-0.2, 0) is 4.79 Å². The van der Waals surface area contributed by atoms with Gasteiger partial charge in [-0.3, -0.25) is 4.79 Å². The molecule has 5 heteroatoms. The lowest BCUT2D eigenvalue weighted by Gasteiger charge is -2.00. The predicted octanol–water partition coefficient (Wildman–Crippen LogP) is 3.58. The van der Waals surface area contributed by atoms with Crippen molar-refractivity contribution in [1.82, 2.24) is 0 Å². The summed E-state index contributed by atoms with van der Waals surface area (Å²) in [7, 11) is 1.62. The number of carbonyl (C=O) groups is 1. The Balaban J connectivity index is 2.19. The summed E-state index contributed by atoms with van der Waals surface area (Å²) in [5.74, 6) is 1.52. The molecule has 19 heavy (non-hydrogen) atoms. The minimum Gasteiger partial charge on any atom is -0.497 e. The van der Waals surface area contributed by atoms with Gasteiger partial charge in [0.1, 0.15) is 15.8 Å². The number of hydrogen-bond donors (Lipinski definition) is 0. The summed E-state index contributed by atoms with van der Waals surface area (Å²) in [4.78, 5) is 16.1. The molecule has 3 nitrogen and oxygen atoms in total. The van der Waals surface area contributed by atoms with Crippen LogP contribution in [0.3, 0.4) is 0 Å². The summed E-state index contributed by atoms with van der Waals surface area (Å²) in [6.45, 7) is 3.65. The van der Waals surface area contributed by atoms with E-state index in [1.807, 2.05) is 24.3 Å². The van der Waals surface area contributed by atoms with Gasteiger partial charge in [0.05, 0.1) is 7.11 Å². The molecule has 0 N–H and O–H groups in total. The van der Waals surface area contributed by atoms with Crippen LogP contribution in [0.1, 0.15) is 5.56 Å². The summed E-state index contributed by atoms with van der Waals surface area (Å²) in [5, 5.41) is -0.0191. The molecule has 0 atom stereocenters. The summed E-state index contributed by atoms with van der Waals surface area (Å²) in [6, 6.07) is 7.53. The number of hydrogen-bond acceptors (Lipinski definition) is 5. The molecular formula is C14H13NO2S2. The second-order valence-corrected chi connectivity index (χ2v) is 5.90. The van der Waals surface area contributed by atoms with Crippen LogP contribution in [-0.4, -0.2) is 22.4 Å². The van der Waals surface area contributed by atoms with Crippen LogP contribution in [0.5, 0.6) is 5.75 Å². The number of aliphatic imine (C=N–C) groups is 1. The Hall–Kier alpha value is -1.46. The molecule has 1 heterocycles. The molecule has 0 bridgehead atoms. The summed E-state index contributed by atoms with van der Waals surface area (Å²) < 4.78 is 5.93. The van der Waals surface area contributed by atoms with Crippen molar-refractivity contribution in [1.29, 1.82) is 0 Å². The van der Waals surface area contributed by atoms with E-state index in [1.54, 1.807) is 19.3 Å². The maximum atomic E-state index is 11.8. The molecule has 2 rings (SSSR count). The number of benzene rings is 1. The van der Waals surface area contributed by atoms with Crippen molar-refractivity contribution < 1.29 is 9.53 Å². The Kier molecular flexibility index (Phi) is 4.87. The number of thioether (sulfide) groups is 2. The molecule has 0 radical (unpaired) electrons. The van der Waals surface area contributed by atoms with Gasteiger partial charge in [-0.15, -0.1) is 6.58 Å². The van der Waals surface area contributed by atoms with Crippen LogP contribution >= 0.6 is 23.5 Å². The molecular weight excluding hydrogens is 278 g/mol. The predicted molar refractivity (Wildman–Crippen MR) is 83.7 cm³/mol. The van der Waals surface area contributed by atoms with Crippen molar-refractivity contribution in [3.05, 3.63) is 48.2 Å². The van der Waals surface area contributed by atoms with Gasteiger partial charge in [0.2, 0.25) is 5.12 Å². The third-order valence-electron chi connectivity index (χ3n) is 2.32. The first-order valence-electron chi connectivity index (χ1n) is 5.63. The fourth-order valence-electron chi connectivity index (χ4n) is 1.47. The maximum absolute atomic E-state index is 11.8. The maximum Gasteiger partial charge on any atom is 0.244 e. The Labute approximate surface area is 120 Å². The molecule has 1 aromatic rings. The fraction of sp³-hybridized carbons (Fsp3) is 0.143. The van der Waals surface area contributed by atoms with Crippen LogP contribution in [0.4, 0.5) is 0 Å². The summed E-state index contributed by atoms with van der Waals surface area (Å²) >= 11 is 2.69. The zero-order valence-electron chi connectivity index (χ0n) is 10.5. The van der Waals surface area contributed by atoms with Gasteiger partial charge in [0.25, 0.3) is 0 Å². The highest BCUT2D eigenvalue weighted by atomic mass is 32.2. The Morgan fingerprint density at radius 1 is 1.53 bits per heavy atom. The zero-order chi connectivity index (χ0) is 13.7. The van der Waals surface area contributed by atoms with E-state index in [4.69, 9.17) is 4.74 Å². The molecule has 0 unspecified atom stereocenters. The zero-order valence-corrected chi connectivity index (χ0v) is 12.1. The standard InChI is InChI=1S/C14H13NO2S2/c1-3-7-18-14-15-12(13(16)19-14)9-10-5-4-6-11(8-10)17-2/h3-6,8-9H,1,7H2,2H3/b12-9+. The molecule has 1 aromatic carbocycles. The number of carbonyl (C=O) groups excluding carboxylic acids is 1. The van der Waals surface area contributed by atoms with Crippen LogP contribution in [0, 0.1) is 0 Å². The molecule has 98 valence electrons. The Morgan fingerprint density at radius 2 is 2.37 bits per heavy atom. The van der Waals surface area contributed by atoms with Crippen LogP contribution in [0.15, 0.2) is 47.6 Å². The summed E-state index contributed by atoms with van der Waals surface area (Å²) in [6.07, 6.45) is 3.57. The lowest BCUT2D eigenvalue weighted by molar-refractivity contribution is -0.107.